The molecule has 1 N–H and O–H groups in total. The fourth-order valence-corrected chi connectivity index (χ4v) is 2.92. The lowest BCUT2D eigenvalue weighted by Gasteiger charge is -2.24. The number of ketones is 1. The Morgan fingerprint density at radius 3 is 2.94 bits per heavy atom. The van der Waals surface area contributed by atoms with Crippen molar-refractivity contribution in [3.05, 3.63) is 29.3 Å². The maximum absolute atomic E-state index is 12.6. The number of hydrogen-bond acceptors (Lipinski definition) is 3. The normalized spacial score (nSPS) is 20.0. The molecule has 0 amide bonds. The van der Waals surface area contributed by atoms with E-state index in [-0.39, 0.29) is 5.92 Å². The van der Waals surface area contributed by atoms with Gasteiger partial charge in [-0.3, -0.25) is 4.79 Å². The van der Waals surface area contributed by atoms with Crippen LogP contribution < -0.4 is 5.32 Å². The van der Waals surface area contributed by atoms with Gasteiger partial charge in [-0.2, -0.15) is 0 Å². The van der Waals surface area contributed by atoms with Crippen molar-refractivity contribution in [3.8, 4) is 0 Å². The third-order valence-electron chi connectivity index (χ3n) is 3.95. The molecule has 18 heavy (non-hydrogen) atoms. The van der Waals surface area contributed by atoms with Gasteiger partial charge in [-0.25, -0.2) is 0 Å². The number of Topliss-reactive ketones (excluding diaryl/α,β-unsaturated/α-hetero) is 1. The zero-order chi connectivity index (χ0) is 12.4. The van der Waals surface area contributed by atoms with Crippen LogP contribution in [0.25, 0.3) is 0 Å². The van der Waals surface area contributed by atoms with Gasteiger partial charge in [0.05, 0.1) is 0 Å². The lowest BCUT2D eigenvalue weighted by molar-refractivity contribution is 0.0544. The maximum atomic E-state index is 12.6. The molecule has 2 aliphatic rings. The van der Waals surface area contributed by atoms with Crippen LogP contribution in [0.4, 0.5) is 5.69 Å². The Balaban J connectivity index is 1.89. The van der Waals surface area contributed by atoms with Gasteiger partial charge in [-0.15, -0.1) is 0 Å². The molecule has 0 radical (unpaired) electrons. The topological polar surface area (TPSA) is 38.3 Å². The molecule has 0 spiro atoms. The van der Waals surface area contributed by atoms with Crippen molar-refractivity contribution >= 4 is 11.5 Å². The van der Waals surface area contributed by atoms with Crippen molar-refractivity contribution in [2.45, 2.75) is 25.7 Å². The molecule has 0 unspecified atom stereocenters. The summed E-state index contributed by atoms with van der Waals surface area (Å²) >= 11 is 0. The zero-order valence-corrected chi connectivity index (χ0v) is 10.6. The molecule has 1 aromatic carbocycles. The van der Waals surface area contributed by atoms with Gasteiger partial charge in [0.2, 0.25) is 0 Å². The minimum atomic E-state index is 0.159. The highest BCUT2D eigenvalue weighted by Crippen LogP contribution is 2.29. The van der Waals surface area contributed by atoms with Gasteiger partial charge in [-0.05, 0) is 37.3 Å². The van der Waals surface area contributed by atoms with Crippen LogP contribution in [0.2, 0.25) is 0 Å². The Bertz CT molecular complexity index is 450. The fourth-order valence-electron chi connectivity index (χ4n) is 2.92. The largest absolute Gasteiger partial charge is 0.385 e. The van der Waals surface area contributed by atoms with E-state index >= 15 is 0 Å². The number of rotatable bonds is 2. The monoisotopic (exact) mass is 245 g/mol. The lowest BCUT2D eigenvalue weighted by atomic mass is 9.86. The summed E-state index contributed by atoms with van der Waals surface area (Å²) in [5, 5.41) is 3.38. The van der Waals surface area contributed by atoms with Crippen molar-refractivity contribution in [1.82, 2.24) is 0 Å². The Hall–Kier alpha value is -1.35. The zero-order valence-electron chi connectivity index (χ0n) is 10.6. The summed E-state index contributed by atoms with van der Waals surface area (Å²) in [5.41, 5.74) is 3.31. The molecule has 96 valence electrons. The predicted molar refractivity (Wildman–Crippen MR) is 71.1 cm³/mol. The Labute approximate surface area is 108 Å². The van der Waals surface area contributed by atoms with Crippen LogP contribution in [-0.2, 0) is 11.2 Å². The Morgan fingerprint density at radius 2 is 2.11 bits per heavy atom. The number of nitrogens with one attached hydrogen (secondary N) is 1. The number of anilines is 1. The molecule has 2 aliphatic heterocycles. The van der Waals surface area contributed by atoms with Crippen LogP contribution in [0.3, 0.4) is 0 Å². The van der Waals surface area contributed by atoms with Gasteiger partial charge in [0, 0.05) is 36.9 Å². The highest BCUT2D eigenvalue weighted by molar-refractivity contribution is 6.00. The van der Waals surface area contributed by atoms with E-state index in [1.165, 1.54) is 5.56 Å². The molecule has 1 saturated heterocycles. The first-order valence-corrected chi connectivity index (χ1v) is 6.84. The summed E-state index contributed by atoms with van der Waals surface area (Å²) in [6, 6.07) is 6.06. The predicted octanol–water partition coefficient (Wildman–Crippen LogP) is 2.65. The molecule has 3 heteroatoms. The number of hydrogen-bond donors (Lipinski definition) is 1. The van der Waals surface area contributed by atoms with E-state index < -0.39 is 0 Å². The van der Waals surface area contributed by atoms with Crippen molar-refractivity contribution < 1.29 is 9.53 Å². The average molecular weight is 245 g/mol. The molecule has 2 heterocycles. The van der Waals surface area contributed by atoms with Crippen molar-refractivity contribution in [2.75, 3.05) is 25.1 Å². The molecule has 0 saturated carbocycles. The third-order valence-corrected chi connectivity index (χ3v) is 3.95. The van der Waals surface area contributed by atoms with E-state index in [0.29, 0.717) is 5.78 Å². The Morgan fingerprint density at radius 1 is 1.28 bits per heavy atom. The minimum Gasteiger partial charge on any atom is -0.385 e. The molecule has 3 nitrogen and oxygen atoms in total. The highest BCUT2D eigenvalue weighted by Gasteiger charge is 2.26. The van der Waals surface area contributed by atoms with Gasteiger partial charge in [-0.1, -0.05) is 12.1 Å². The molecule has 3 rings (SSSR count). The number of carbonyl (C=O) groups is 1. The quantitative estimate of drug-likeness (QED) is 0.814. The van der Waals surface area contributed by atoms with E-state index in [9.17, 15) is 4.79 Å². The van der Waals surface area contributed by atoms with Crippen LogP contribution >= 0.6 is 0 Å². The van der Waals surface area contributed by atoms with E-state index in [2.05, 4.69) is 11.4 Å². The van der Waals surface area contributed by atoms with Gasteiger partial charge < -0.3 is 10.1 Å². The summed E-state index contributed by atoms with van der Waals surface area (Å²) in [4.78, 5) is 12.6. The van der Waals surface area contributed by atoms with Gasteiger partial charge >= 0.3 is 0 Å². The van der Waals surface area contributed by atoms with E-state index in [4.69, 9.17) is 4.74 Å². The smallest absolute Gasteiger partial charge is 0.166 e. The summed E-state index contributed by atoms with van der Waals surface area (Å²) in [7, 11) is 0. The second kappa shape index (κ2) is 5.11. The molecule has 0 aromatic heterocycles. The van der Waals surface area contributed by atoms with Crippen LogP contribution in [0.5, 0.6) is 0 Å². The average Bonchev–Trinajstić information content (AvgIpc) is 2.47. The van der Waals surface area contributed by atoms with Crippen molar-refractivity contribution in [3.63, 3.8) is 0 Å². The minimum absolute atomic E-state index is 0.159. The maximum Gasteiger partial charge on any atom is 0.166 e. The molecule has 1 aromatic rings. The van der Waals surface area contributed by atoms with E-state index in [1.54, 1.807) is 0 Å². The molecule has 1 fully saturated rings. The molecular formula is C15H19NO2. The lowest BCUT2D eigenvalue weighted by Crippen LogP contribution is -2.25. The Kier molecular flexibility index (Phi) is 3.33. The highest BCUT2D eigenvalue weighted by atomic mass is 16.5. The van der Waals surface area contributed by atoms with Crippen LogP contribution in [0, 0.1) is 5.92 Å². The standard InChI is InChI=1S/C15H19NO2/c17-15(11-6-9-18-10-7-11)13-3-1-5-14-12(13)4-2-8-16-14/h1,3,5,11,16H,2,4,6-10H2. The van der Waals surface area contributed by atoms with Crippen molar-refractivity contribution in [1.29, 1.82) is 0 Å². The van der Waals surface area contributed by atoms with Crippen LogP contribution in [-0.4, -0.2) is 25.5 Å². The van der Waals surface area contributed by atoms with Crippen LogP contribution in [0.15, 0.2) is 18.2 Å². The first kappa shape index (κ1) is 11.7. The molecular weight excluding hydrogens is 226 g/mol. The second-order valence-electron chi connectivity index (χ2n) is 5.11. The molecule has 0 aliphatic carbocycles. The van der Waals surface area contributed by atoms with Gasteiger partial charge in [0.25, 0.3) is 0 Å². The van der Waals surface area contributed by atoms with Crippen molar-refractivity contribution in [2.24, 2.45) is 5.92 Å². The second-order valence-corrected chi connectivity index (χ2v) is 5.11. The number of fused-ring (bicyclic) bond motifs is 1. The number of ether oxygens (including phenoxy) is 1. The van der Waals surface area contributed by atoms with Gasteiger partial charge in [0.1, 0.15) is 0 Å². The number of benzene rings is 1. The van der Waals surface area contributed by atoms with Gasteiger partial charge in [0.15, 0.2) is 5.78 Å². The van der Waals surface area contributed by atoms with E-state index in [1.807, 2.05) is 12.1 Å². The summed E-state index contributed by atoms with van der Waals surface area (Å²) in [6.45, 7) is 2.47. The van der Waals surface area contributed by atoms with Crippen LogP contribution in [0.1, 0.15) is 35.2 Å². The molecule has 0 atom stereocenters. The SMILES string of the molecule is O=C(c1cccc2c1CCCN2)C1CCOCC1. The van der Waals surface area contributed by atoms with E-state index in [0.717, 1.165) is 56.7 Å². The first-order valence-electron chi connectivity index (χ1n) is 6.84. The summed E-state index contributed by atoms with van der Waals surface area (Å²) in [5.74, 6) is 0.478. The fraction of sp³-hybridized carbons (Fsp3) is 0.533. The summed E-state index contributed by atoms with van der Waals surface area (Å²) < 4.78 is 5.33. The summed E-state index contributed by atoms with van der Waals surface area (Å²) in [6.07, 6.45) is 3.88. The number of carbonyl (C=O) groups excluding carboxylic acids is 1. The molecule has 0 bridgehead atoms. The first-order chi connectivity index (χ1) is 8.86. The third kappa shape index (κ3) is 2.15.